The highest BCUT2D eigenvalue weighted by atomic mass is 19.1. The Hall–Kier alpha value is -1.84. The van der Waals surface area contributed by atoms with Crippen molar-refractivity contribution in [2.75, 3.05) is 0 Å². The fraction of sp³-hybridized carbons (Fsp3) is 0.250. The third-order valence-electron chi connectivity index (χ3n) is 2.81. The Labute approximate surface area is 92.1 Å². The molecule has 4 heteroatoms. The number of carboxylic acid groups (broad SMARTS) is 1. The van der Waals surface area contributed by atoms with E-state index in [1.807, 2.05) is 0 Å². The van der Waals surface area contributed by atoms with Gasteiger partial charge in [0.05, 0.1) is 5.52 Å². The summed E-state index contributed by atoms with van der Waals surface area (Å²) >= 11 is 0. The Morgan fingerprint density at radius 3 is 2.69 bits per heavy atom. The van der Waals surface area contributed by atoms with Gasteiger partial charge in [0.25, 0.3) is 0 Å². The van der Waals surface area contributed by atoms with Crippen LogP contribution in [-0.2, 0) is 10.3 Å². The molecule has 0 radical (unpaired) electrons. The number of carbonyl (C=O) groups is 1. The van der Waals surface area contributed by atoms with Gasteiger partial charge in [-0.2, -0.15) is 0 Å². The van der Waals surface area contributed by atoms with Gasteiger partial charge in [0.1, 0.15) is 11.4 Å². The van der Waals surface area contributed by atoms with E-state index in [9.17, 15) is 9.18 Å². The Bertz CT molecular complexity index is 557. The van der Waals surface area contributed by atoms with Crippen molar-refractivity contribution in [3.63, 3.8) is 0 Å². The van der Waals surface area contributed by atoms with Gasteiger partial charge in [-0.05, 0) is 32.0 Å². The standard InChI is InChI=1S/C12H12FNO2/c1-12(2,11(15)16)14-7-6-8-9(13)4-3-5-10(8)14/h3-7H,1-2H3,(H,15,16). The summed E-state index contributed by atoms with van der Waals surface area (Å²) in [4.78, 5) is 11.1. The molecule has 1 aromatic carbocycles. The molecule has 0 atom stereocenters. The summed E-state index contributed by atoms with van der Waals surface area (Å²) in [5.41, 5.74) is -0.498. The Kier molecular flexibility index (Phi) is 2.22. The van der Waals surface area contributed by atoms with Crippen LogP contribution >= 0.6 is 0 Å². The van der Waals surface area contributed by atoms with E-state index in [4.69, 9.17) is 5.11 Å². The molecule has 0 aliphatic rings. The number of fused-ring (bicyclic) bond motifs is 1. The van der Waals surface area contributed by atoms with Crippen molar-refractivity contribution in [1.82, 2.24) is 4.57 Å². The number of nitrogens with zero attached hydrogens (tertiary/aromatic N) is 1. The van der Waals surface area contributed by atoms with E-state index >= 15 is 0 Å². The zero-order chi connectivity index (χ0) is 11.9. The number of hydrogen-bond donors (Lipinski definition) is 1. The molecule has 1 N–H and O–H groups in total. The molecule has 0 bridgehead atoms. The van der Waals surface area contributed by atoms with Crippen LogP contribution in [0.2, 0.25) is 0 Å². The van der Waals surface area contributed by atoms with Crippen LogP contribution in [0.1, 0.15) is 13.8 Å². The molecule has 0 saturated carbocycles. The predicted octanol–water partition coefficient (Wildman–Crippen LogP) is 2.60. The fourth-order valence-electron chi connectivity index (χ4n) is 1.72. The highest BCUT2D eigenvalue weighted by Crippen LogP contribution is 2.25. The molecule has 1 heterocycles. The molecule has 0 unspecified atom stereocenters. The van der Waals surface area contributed by atoms with E-state index in [1.54, 1.807) is 42.8 Å². The van der Waals surface area contributed by atoms with Crippen molar-refractivity contribution in [2.24, 2.45) is 0 Å². The molecule has 0 aliphatic carbocycles. The number of benzene rings is 1. The molecule has 3 nitrogen and oxygen atoms in total. The van der Waals surface area contributed by atoms with Gasteiger partial charge in [-0.1, -0.05) is 6.07 Å². The number of rotatable bonds is 2. The maximum Gasteiger partial charge on any atom is 0.329 e. The quantitative estimate of drug-likeness (QED) is 0.846. The molecular weight excluding hydrogens is 209 g/mol. The van der Waals surface area contributed by atoms with E-state index in [0.717, 1.165) is 0 Å². The summed E-state index contributed by atoms with van der Waals surface area (Å²) in [5, 5.41) is 9.57. The van der Waals surface area contributed by atoms with Crippen molar-refractivity contribution in [3.05, 3.63) is 36.3 Å². The van der Waals surface area contributed by atoms with Gasteiger partial charge in [0.2, 0.25) is 0 Å². The molecule has 2 aromatic rings. The van der Waals surface area contributed by atoms with E-state index < -0.39 is 11.5 Å². The summed E-state index contributed by atoms with van der Waals surface area (Å²) in [6.45, 7) is 3.17. The first-order valence-corrected chi connectivity index (χ1v) is 4.94. The van der Waals surface area contributed by atoms with Crippen molar-refractivity contribution >= 4 is 16.9 Å². The normalized spacial score (nSPS) is 11.9. The number of aliphatic carboxylic acids is 1. The van der Waals surface area contributed by atoms with Crippen molar-refractivity contribution < 1.29 is 14.3 Å². The fourth-order valence-corrected chi connectivity index (χ4v) is 1.72. The third kappa shape index (κ3) is 1.38. The molecule has 0 aliphatic heterocycles. The number of hydrogen-bond acceptors (Lipinski definition) is 1. The number of aromatic nitrogens is 1. The summed E-state index contributed by atoms with van der Waals surface area (Å²) in [6.07, 6.45) is 1.60. The lowest BCUT2D eigenvalue weighted by atomic mass is 10.1. The first-order valence-electron chi connectivity index (χ1n) is 4.94. The van der Waals surface area contributed by atoms with E-state index in [-0.39, 0.29) is 5.82 Å². The molecule has 2 rings (SSSR count). The van der Waals surface area contributed by atoms with Gasteiger partial charge in [0.15, 0.2) is 0 Å². The monoisotopic (exact) mass is 221 g/mol. The zero-order valence-electron chi connectivity index (χ0n) is 9.07. The van der Waals surface area contributed by atoms with Gasteiger partial charge in [-0.15, -0.1) is 0 Å². The third-order valence-corrected chi connectivity index (χ3v) is 2.81. The average Bonchev–Trinajstić information content (AvgIpc) is 2.63. The van der Waals surface area contributed by atoms with Crippen molar-refractivity contribution in [3.8, 4) is 0 Å². The molecular formula is C12H12FNO2. The maximum atomic E-state index is 13.4. The number of halogens is 1. The predicted molar refractivity (Wildman–Crippen MR) is 58.9 cm³/mol. The average molecular weight is 221 g/mol. The SMILES string of the molecule is CC(C)(C(=O)O)n1ccc2c(F)cccc21. The lowest BCUT2D eigenvalue weighted by molar-refractivity contribution is -0.145. The molecule has 0 amide bonds. The minimum absolute atomic E-state index is 0.336. The van der Waals surface area contributed by atoms with Crippen LogP contribution in [0.25, 0.3) is 10.9 Å². The molecule has 1 aromatic heterocycles. The minimum atomic E-state index is -1.09. The first kappa shape index (κ1) is 10.7. The number of carboxylic acids is 1. The van der Waals surface area contributed by atoms with Gasteiger partial charge in [-0.25, -0.2) is 9.18 Å². The van der Waals surface area contributed by atoms with Gasteiger partial charge in [0, 0.05) is 11.6 Å². The van der Waals surface area contributed by atoms with Crippen LogP contribution in [0.4, 0.5) is 4.39 Å². The van der Waals surface area contributed by atoms with Crippen LogP contribution in [0, 0.1) is 5.82 Å². The molecule has 84 valence electrons. The lowest BCUT2D eigenvalue weighted by Crippen LogP contribution is -2.34. The van der Waals surface area contributed by atoms with E-state index in [0.29, 0.717) is 10.9 Å². The Balaban J connectivity index is 2.72. The van der Waals surface area contributed by atoms with E-state index in [1.165, 1.54) is 6.07 Å². The zero-order valence-corrected chi connectivity index (χ0v) is 9.07. The van der Waals surface area contributed by atoms with Crippen LogP contribution in [-0.4, -0.2) is 15.6 Å². The Morgan fingerprint density at radius 2 is 2.06 bits per heavy atom. The lowest BCUT2D eigenvalue weighted by Gasteiger charge is -2.22. The van der Waals surface area contributed by atoms with Crippen LogP contribution < -0.4 is 0 Å². The summed E-state index contributed by atoms with van der Waals surface area (Å²) < 4.78 is 15.0. The second-order valence-electron chi connectivity index (χ2n) is 4.22. The highest BCUT2D eigenvalue weighted by molar-refractivity contribution is 5.85. The molecule has 0 fully saturated rings. The first-order chi connectivity index (χ1) is 7.44. The van der Waals surface area contributed by atoms with Crippen LogP contribution in [0.15, 0.2) is 30.5 Å². The summed E-state index contributed by atoms with van der Waals surface area (Å²) in [7, 11) is 0. The topological polar surface area (TPSA) is 42.2 Å². The smallest absolute Gasteiger partial charge is 0.329 e. The van der Waals surface area contributed by atoms with Crippen molar-refractivity contribution in [2.45, 2.75) is 19.4 Å². The van der Waals surface area contributed by atoms with Crippen LogP contribution in [0.3, 0.4) is 0 Å². The second kappa shape index (κ2) is 3.33. The molecule has 0 spiro atoms. The highest BCUT2D eigenvalue weighted by Gasteiger charge is 2.30. The Morgan fingerprint density at radius 1 is 1.38 bits per heavy atom. The summed E-state index contributed by atoms with van der Waals surface area (Å²) in [6, 6.07) is 6.24. The van der Waals surface area contributed by atoms with Gasteiger partial charge < -0.3 is 9.67 Å². The van der Waals surface area contributed by atoms with Gasteiger partial charge >= 0.3 is 5.97 Å². The minimum Gasteiger partial charge on any atom is -0.480 e. The van der Waals surface area contributed by atoms with Crippen LogP contribution in [0.5, 0.6) is 0 Å². The largest absolute Gasteiger partial charge is 0.480 e. The molecule has 16 heavy (non-hydrogen) atoms. The van der Waals surface area contributed by atoms with Gasteiger partial charge in [-0.3, -0.25) is 0 Å². The molecule has 0 saturated heterocycles. The second-order valence-corrected chi connectivity index (χ2v) is 4.22. The van der Waals surface area contributed by atoms with E-state index in [2.05, 4.69) is 0 Å². The van der Waals surface area contributed by atoms with Crippen molar-refractivity contribution in [1.29, 1.82) is 0 Å². The summed E-state index contributed by atoms with van der Waals surface area (Å²) in [5.74, 6) is -1.29. The maximum absolute atomic E-state index is 13.4.